The van der Waals surface area contributed by atoms with Gasteiger partial charge in [-0.1, -0.05) is 42.1 Å². The summed E-state index contributed by atoms with van der Waals surface area (Å²) in [6.45, 7) is 0.570. The molecule has 0 spiro atoms. The van der Waals surface area contributed by atoms with Crippen molar-refractivity contribution < 1.29 is 9.18 Å². The van der Waals surface area contributed by atoms with Gasteiger partial charge in [0.25, 0.3) is 0 Å². The normalized spacial score (nSPS) is 10.6. The van der Waals surface area contributed by atoms with Crippen LogP contribution >= 0.6 is 23.1 Å². The number of aromatic nitrogens is 2. The van der Waals surface area contributed by atoms with Gasteiger partial charge in [-0.3, -0.25) is 4.79 Å². The van der Waals surface area contributed by atoms with Gasteiger partial charge in [-0.05, 0) is 46.8 Å². The minimum atomic E-state index is -0.297. The predicted molar refractivity (Wildman–Crippen MR) is 122 cm³/mol. The highest BCUT2D eigenvalue weighted by atomic mass is 32.2. The third kappa shape index (κ3) is 5.02. The third-order valence-electron chi connectivity index (χ3n) is 4.51. The van der Waals surface area contributed by atoms with Gasteiger partial charge in [-0.25, -0.2) is 9.37 Å². The minimum Gasteiger partial charge on any atom is -0.316 e. The number of amides is 1. The van der Waals surface area contributed by atoms with E-state index in [1.807, 2.05) is 34.9 Å². The Hall–Kier alpha value is -3.41. The summed E-state index contributed by atoms with van der Waals surface area (Å²) in [7, 11) is 0. The van der Waals surface area contributed by atoms with Gasteiger partial charge in [-0.15, -0.1) is 11.3 Å². The highest BCUT2D eigenvalue weighted by Gasteiger charge is 2.15. The second kappa shape index (κ2) is 9.60. The first-order chi connectivity index (χ1) is 15.1. The summed E-state index contributed by atoms with van der Waals surface area (Å²) in [6, 6.07) is 20.0. The Labute approximate surface area is 187 Å². The molecule has 0 saturated heterocycles. The quantitative estimate of drug-likeness (QED) is 0.384. The van der Waals surface area contributed by atoms with E-state index in [0.29, 0.717) is 22.3 Å². The van der Waals surface area contributed by atoms with E-state index in [1.165, 1.54) is 35.2 Å². The number of hydrogen-bond donors (Lipinski definition) is 1. The molecule has 0 aliphatic carbocycles. The molecule has 1 N–H and O–H groups in total. The van der Waals surface area contributed by atoms with Crippen LogP contribution in [-0.4, -0.2) is 21.2 Å². The summed E-state index contributed by atoms with van der Waals surface area (Å²) in [5, 5.41) is 14.9. The SMILES string of the molecule is N#Cc1ccsc1NC(=O)CSc1ncc(-c2ccc(F)cc2)n1Cc1ccccc1. The van der Waals surface area contributed by atoms with Crippen molar-refractivity contribution in [1.29, 1.82) is 5.26 Å². The first-order valence-corrected chi connectivity index (χ1v) is 11.3. The first-order valence-electron chi connectivity index (χ1n) is 9.39. The fourth-order valence-electron chi connectivity index (χ4n) is 3.03. The van der Waals surface area contributed by atoms with Crippen molar-refractivity contribution in [1.82, 2.24) is 9.55 Å². The lowest BCUT2D eigenvalue weighted by atomic mass is 10.1. The summed E-state index contributed by atoms with van der Waals surface area (Å²) in [5.74, 6) is -0.353. The van der Waals surface area contributed by atoms with Crippen LogP contribution in [0.15, 0.2) is 77.4 Å². The van der Waals surface area contributed by atoms with E-state index in [0.717, 1.165) is 16.8 Å². The van der Waals surface area contributed by atoms with Crippen LogP contribution in [0.4, 0.5) is 9.39 Å². The Morgan fingerprint density at radius 1 is 1.16 bits per heavy atom. The smallest absolute Gasteiger partial charge is 0.235 e. The summed E-state index contributed by atoms with van der Waals surface area (Å²) in [4.78, 5) is 16.9. The molecule has 0 aliphatic heterocycles. The summed E-state index contributed by atoms with van der Waals surface area (Å²) >= 11 is 2.63. The molecule has 31 heavy (non-hydrogen) atoms. The second-order valence-electron chi connectivity index (χ2n) is 6.62. The minimum absolute atomic E-state index is 0.150. The number of nitriles is 1. The molecule has 2 aromatic carbocycles. The van der Waals surface area contributed by atoms with E-state index >= 15 is 0 Å². The molecule has 0 aliphatic rings. The van der Waals surface area contributed by atoms with Gasteiger partial charge in [0.05, 0.1) is 29.8 Å². The number of benzene rings is 2. The fourth-order valence-corrected chi connectivity index (χ4v) is 4.56. The molecule has 2 aromatic heterocycles. The predicted octanol–water partition coefficient (Wildman–Crippen LogP) is 5.40. The summed E-state index contributed by atoms with van der Waals surface area (Å²) in [5.41, 5.74) is 3.23. The van der Waals surface area contributed by atoms with Crippen LogP contribution in [0.3, 0.4) is 0 Å². The van der Waals surface area contributed by atoms with Crippen molar-refractivity contribution in [3.05, 3.63) is 89.2 Å². The lowest BCUT2D eigenvalue weighted by Crippen LogP contribution is -2.14. The average molecular weight is 449 g/mol. The molecule has 2 heterocycles. The van der Waals surface area contributed by atoms with E-state index < -0.39 is 0 Å². The lowest BCUT2D eigenvalue weighted by molar-refractivity contribution is -0.113. The molecule has 0 radical (unpaired) electrons. The number of rotatable bonds is 7. The maximum absolute atomic E-state index is 13.4. The Morgan fingerprint density at radius 3 is 2.68 bits per heavy atom. The highest BCUT2D eigenvalue weighted by molar-refractivity contribution is 7.99. The van der Waals surface area contributed by atoms with E-state index in [4.69, 9.17) is 5.26 Å². The van der Waals surface area contributed by atoms with Gasteiger partial charge in [0.15, 0.2) is 5.16 Å². The maximum atomic E-state index is 13.4. The van der Waals surface area contributed by atoms with Crippen molar-refractivity contribution in [2.24, 2.45) is 0 Å². The van der Waals surface area contributed by atoms with Crippen LogP contribution in [0, 0.1) is 17.1 Å². The number of carbonyl (C=O) groups excluding carboxylic acids is 1. The number of carbonyl (C=O) groups is 1. The van der Waals surface area contributed by atoms with Gasteiger partial charge < -0.3 is 9.88 Å². The molecule has 0 atom stereocenters. The molecule has 5 nitrogen and oxygen atoms in total. The molecule has 1 amide bonds. The number of thiophene rings is 1. The van der Waals surface area contributed by atoms with Crippen molar-refractivity contribution in [2.75, 3.05) is 11.1 Å². The average Bonchev–Trinajstić information content (AvgIpc) is 3.40. The topological polar surface area (TPSA) is 70.7 Å². The standard InChI is InChI=1S/C23H17FN4OS2/c24-19-8-6-17(7-9-19)20-13-26-23(28(20)14-16-4-2-1-3-5-16)31-15-21(29)27-22-18(12-25)10-11-30-22/h1-11,13H,14-15H2,(H,27,29). The van der Waals surface area contributed by atoms with Gasteiger partial charge in [-0.2, -0.15) is 5.26 Å². The van der Waals surface area contributed by atoms with Crippen molar-refractivity contribution in [2.45, 2.75) is 11.7 Å². The molecular formula is C23H17FN4OS2. The molecule has 0 fully saturated rings. The van der Waals surface area contributed by atoms with Crippen molar-refractivity contribution in [3.63, 3.8) is 0 Å². The molecule has 0 bridgehead atoms. The molecular weight excluding hydrogens is 431 g/mol. The van der Waals surface area contributed by atoms with Crippen LogP contribution in [0.5, 0.6) is 0 Å². The number of thioether (sulfide) groups is 1. The largest absolute Gasteiger partial charge is 0.316 e. The van der Waals surface area contributed by atoms with Gasteiger partial charge in [0, 0.05) is 0 Å². The Morgan fingerprint density at radius 2 is 1.94 bits per heavy atom. The number of anilines is 1. The zero-order valence-corrected chi connectivity index (χ0v) is 17.9. The molecule has 4 aromatic rings. The number of imidazole rings is 1. The number of nitrogens with zero attached hydrogens (tertiary/aromatic N) is 3. The molecule has 4 rings (SSSR count). The Balaban J connectivity index is 1.56. The van der Waals surface area contributed by atoms with Gasteiger partial charge in [0.2, 0.25) is 5.91 Å². The van der Waals surface area contributed by atoms with Crippen LogP contribution in [0.25, 0.3) is 11.3 Å². The number of nitrogens with one attached hydrogen (secondary N) is 1. The second-order valence-corrected chi connectivity index (χ2v) is 8.48. The summed E-state index contributed by atoms with van der Waals surface area (Å²) in [6.07, 6.45) is 1.74. The maximum Gasteiger partial charge on any atom is 0.235 e. The lowest BCUT2D eigenvalue weighted by Gasteiger charge is -2.12. The van der Waals surface area contributed by atoms with E-state index in [2.05, 4.69) is 16.4 Å². The van der Waals surface area contributed by atoms with Gasteiger partial charge >= 0.3 is 0 Å². The zero-order chi connectivity index (χ0) is 21.6. The monoisotopic (exact) mass is 448 g/mol. The van der Waals surface area contributed by atoms with Gasteiger partial charge in [0.1, 0.15) is 16.9 Å². The highest BCUT2D eigenvalue weighted by Crippen LogP contribution is 2.28. The third-order valence-corrected chi connectivity index (χ3v) is 6.33. The van der Waals surface area contributed by atoms with Crippen molar-refractivity contribution >= 4 is 34.0 Å². The molecule has 0 unspecified atom stereocenters. The van der Waals surface area contributed by atoms with Crippen molar-refractivity contribution in [3.8, 4) is 17.3 Å². The molecule has 0 saturated carbocycles. The zero-order valence-electron chi connectivity index (χ0n) is 16.3. The number of hydrogen-bond acceptors (Lipinski definition) is 5. The van der Waals surface area contributed by atoms with E-state index in [-0.39, 0.29) is 17.5 Å². The molecule has 8 heteroatoms. The van der Waals surface area contributed by atoms with Crippen LogP contribution in [0.2, 0.25) is 0 Å². The summed E-state index contributed by atoms with van der Waals surface area (Å²) < 4.78 is 15.4. The molecule has 154 valence electrons. The fraction of sp³-hybridized carbons (Fsp3) is 0.0870. The van der Waals surface area contributed by atoms with Crippen LogP contribution in [0.1, 0.15) is 11.1 Å². The van der Waals surface area contributed by atoms with E-state index in [1.54, 1.807) is 29.8 Å². The Kier molecular flexibility index (Phi) is 6.46. The van der Waals surface area contributed by atoms with Crippen LogP contribution in [-0.2, 0) is 11.3 Å². The number of halogens is 1. The van der Waals surface area contributed by atoms with E-state index in [9.17, 15) is 9.18 Å². The Bertz CT molecular complexity index is 1230. The van der Waals surface area contributed by atoms with Crippen LogP contribution < -0.4 is 5.32 Å². The first kappa shape index (κ1) is 20.8.